The molecular weight excluding hydrogens is 344 g/mol. The molecule has 0 aliphatic carbocycles. The van der Waals surface area contributed by atoms with Gasteiger partial charge in [-0.25, -0.2) is 14.5 Å². The van der Waals surface area contributed by atoms with E-state index in [4.69, 9.17) is 0 Å². The van der Waals surface area contributed by atoms with Crippen LogP contribution in [0.25, 0.3) is 28.1 Å². The quantitative estimate of drug-likeness (QED) is 0.588. The van der Waals surface area contributed by atoms with Crippen LogP contribution in [0.5, 0.6) is 5.75 Å². The van der Waals surface area contributed by atoms with Crippen LogP contribution in [-0.4, -0.2) is 31.3 Å². The van der Waals surface area contributed by atoms with Crippen LogP contribution >= 0.6 is 0 Å². The standard InChI is InChI=1S/C17H13F2N5O2/c1-9-20-15(10-2-7-13-14(8-10)22-17(25)21-13)24(23-9)11-3-5-12(6-4-11)26-16(18)19/h2-8,16H,1H3,(H2,21,22,25). The first-order valence-corrected chi connectivity index (χ1v) is 7.71. The number of nitrogens with one attached hydrogen (secondary N) is 2. The molecule has 0 bridgehead atoms. The number of rotatable bonds is 4. The number of aromatic amines is 2. The Morgan fingerprint density at radius 2 is 1.81 bits per heavy atom. The number of ether oxygens (including phenoxy) is 1. The number of H-pyrrole nitrogens is 2. The second-order valence-electron chi connectivity index (χ2n) is 5.61. The zero-order valence-electron chi connectivity index (χ0n) is 13.5. The number of fused-ring (bicyclic) bond motifs is 1. The molecule has 132 valence electrons. The normalized spacial score (nSPS) is 11.4. The Bertz CT molecular complexity index is 1130. The fourth-order valence-electron chi connectivity index (χ4n) is 2.72. The average molecular weight is 357 g/mol. The summed E-state index contributed by atoms with van der Waals surface area (Å²) in [6.07, 6.45) is 0. The van der Waals surface area contributed by atoms with Crippen molar-refractivity contribution in [1.29, 1.82) is 0 Å². The highest BCUT2D eigenvalue weighted by molar-refractivity contribution is 5.80. The van der Waals surface area contributed by atoms with Crippen LogP contribution in [0.15, 0.2) is 47.3 Å². The molecule has 2 N–H and O–H groups in total. The minimum Gasteiger partial charge on any atom is -0.435 e. The van der Waals surface area contributed by atoms with E-state index in [1.165, 1.54) is 12.1 Å². The summed E-state index contributed by atoms with van der Waals surface area (Å²) in [5.41, 5.74) is 2.45. The summed E-state index contributed by atoms with van der Waals surface area (Å²) in [5.74, 6) is 1.18. The van der Waals surface area contributed by atoms with Gasteiger partial charge in [0.05, 0.1) is 16.7 Å². The van der Waals surface area contributed by atoms with Crippen LogP contribution in [0.3, 0.4) is 0 Å². The smallest absolute Gasteiger partial charge is 0.387 e. The topological polar surface area (TPSA) is 88.6 Å². The van der Waals surface area contributed by atoms with Crippen molar-refractivity contribution in [2.24, 2.45) is 0 Å². The summed E-state index contributed by atoms with van der Waals surface area (Å²) >= 11 is 0. The summed E-state index contributed by atoms with van der Waals surface area (Å²) in [5, 5.41) is 4.37. The average Bonchev–Trinajstić information content (AvgIpc) is 3.16. The molecule has 0 saturated heterocycles. The molecule has 0 fully saturated rings. The lowest BCUT2D eigenvalue weighted by molar-refractivity contribution is -0.0498. The Morgan fingerprint density at radius 1 is 1.08 bits per heavy atom. The summed E-state index contributed by atoms with van der Waals surface area (Å²) in [7, 11) is 0. The molecule has 4 rings (SSSR count). The van der Waals surface area contributed by atoms with E-state index in [2.05, 4.69) is 24.8 Å². The molecule has 7 nitrogen and oxygen atoms in total. The van der Waals surface area contributed by atoms with Gasteiger partial charge in [-0.2, -0.15) is 13.9 Å². The minimum absolute atomic E-state index is 0.0634. The second kappa shape index (κ2) is 6.10. The fraction of sp³-hybridized carbons (Fsp3) is 0.118. The molecule has 2 aromatic heterocycles. The Morgan fingerprint density at radius 3 is 2.54 bits per heavy atom. The third-order valence-corrected chi connectivity index (χ3v) is 3.79. The van der Waals surface area contributed by atoms with Gasteiger partial charge in [0.25, 0.3) is 0 Å². The van der Waals surface area contributed by atoms with Crippen LogP contribution < -0.4 is 10.4 Å². The van der Waals surface area contributed by atoms with E-state index >= 15 is 0 Å². The summed E-state index contributed by atoms with van der Waals surface area (Å²) < 4.78 is 30.5. The zero-order chi connectivity index (χ0) is 18.3. The van der Waals surface area contributed by atoms with E-state index in [0.29, 0.717) is 28.4 Å². The van der Waals surface area contributed by atoms with Crippen LogP contribution in [-0.2, 0) is 0 Å². The first kappa shape index (κ1) is 16.0. The van der Waals surface area contributed by atoms with Crippen LogP contribution in [0.2, 0.25) is 0 Å². The maximum atomic E-state index is 12.3. The fourth-order valence-corrected chi connectivity index (χ4v) is 2.72. The van der Waals surface area contributed by atoms with E-state index in [0.717, 1.165) is 5.56 Å². The van der Waals surface area contributed by atoms with Crippen LogP contribution in [0, 0.1) is 6.92 Å². The van der Waals surface area contributed by atoms with Gasteiger partial charge in [0.2, 0.25) is 0 Å². The predicted octanol–water partition coefficient (Wildman–Crippen LogP) is 3.01. The monoisotopic (exact) mass is 357 g/mol. The Kier molecular flexibility index (Phi) is 3.76. The number of alkyl halides is 2. The van der Waals surface area contributed by atoms with Crippen molar-refractivity contribution in [1.82, 2.24) is 24.7 Å². The highest BCUT2D eigenvalue weighted by Crippen LogP contribution is 2.25. The first-order chi connectivity index (χ1) is 12.5. The summed E-state index contributed by atoms with van der Waals surface area (Å²) in [4.78, 5) is 21.3. The first-order valence-electron chi connectivity index (χ1n) is 7.71. The highest BCUT2D eigenvalue weighted by Gasteiger charge is 2.13. The molecule has 0 spiro atoms. The molecule has 9 heteroatoms. The van der Waals surface area contributed by atoms with Gasteiger partial charge >= 0.3 is 12.3 Å². The van der Waals surface area contributed by atoms with Gasteiger partial charge in [0.1, 0.15) is 11.6 Å². The molecule has 0 amide bonds. The molecule has 2 heterocycles. The van der Waals surface area contributed by atoms with E-state index in [1.807, 2.05) is 6.07 Å². The van der Waals surface area contributed by atoms with Gasteiger partial charge in [0.15, 0.2) is 5.82 Å². The molecule has 0 atom stereocenters. The van der Waals surface area contributed by atoms with E-state index in [9.17, 15) is 13.6 Å². The number of halogens is 2. The SMILES string of the molecule is Cc1nc(-c2ccc3[nH]c(=O)[nH]c3c2)n(-c2ccc(OC(F)F)cc2)n1. The second-order valence-corrected chi connectivity index (χ2v) is 5.61. The van der Waals surface area contributed by atoms with Crippen molar-refractivity contribution in [2.75, 3.05) is 0 Å². The van der Waals surface area contributed by atoms with Gasteiger partial charge in [-0.1, -0.05) is 0 Å². The molecule has 26 heavy (non-hydrogen) atoms. The Balaban J connectivity index is 1.77. The lowest BCUT2D eigenvalue weighted by Gasteiger charge is -2.08. The maximum absolute atomic E-state index is 12.3. The molecule has 4 aromatic rings. The van der Waals surface area contributed by atoms with Crippen molar-refractivity contribution >= 4 is 11.0 Å². The summed E-state index contributed by atoms with van der Waals surface area (Å²) in [6, 6.07) is 11.5. The third kappa shape index (κ3) is 2.94. The van der Waals surface area contributed by atoms with Crippen LogP contribution in [0.1, 0.15) is 5.82 Å². The van der Waals surface area contributed by atoms with Crippen molar-refractivity contribution in [3.63, 3.8) is 0 Å². The van der Waals surface area contributed by atoms with E-state index < -0.39 is 6.61 Å². The lowest BCUT2D eigenvalue weighted by atomic mass is 10.2. The van der Waals surface area contributed by atoms with Crippen molar-refractivity contribution in [2.45, 2.75) is 13.5 Å². The van der Waals surface area contributed by atoms with E-state index in [1.54, 1.807) is 35.9 Å². The number of nitrogens with zero attached hydrogens (tertiary/aromatic N) is 3. The highest BCUT2D eigenvalue weighted by atomic mass is 19.3. The molecule has 0 radical (unpaired) electrons. The Labute approximate surface area is 145 Å². The lowest BCUT2D eigenvalue weighted by Crippen LogP contribution is -2.03. The van der Waals surface area contributed by atoms with Gasteiger partial charge < -0.3 is 14.7 Å². The number of benzene rings is 2. The maximum Gasteiger partial charge on any atom is 0.387 e. The molecule has 2 aromatic carbocycles. The van der Waals surface area contributed by atoms with Gasteiger partial charge in [-0.15, -0.1) is 0 Å². The van der Waals surface area contributed by atoms with Gasteiger partial charge in [-0.05, 0) is 49.4 Å². The summed E-state index contributed by atoms with van der Waals surface area (Å²) in [6.45, 7) is -1.12. The van der Waals surface area contributed by atoms with Crippen molar-refractivity contribution < 1.29 is 13.5 Å². The van der Waals surface area contributed by atoms with Crippen LogP contribution in [0.4, 0.5) is 8.78 Å². The number of aromatic nitrogens is 5. The zero-order valence-corrected chi connectivity index (χ0v) is 13.5. The van der Waals surface area contributed by atoms with Gasteiger partial charge in [0, 0.05) is 5.56 Å². The molecule has 0 aliphatic heterocycles. The number of hydrogen-bond donors (Lipinski definition) is 2. The minimum atomic E-state index is -2.87. The number of hydrogen-bond acceptors (Lipinski definition) is 4. The molecular formula is C17H13F2N5O2. The Hall–Kier alpha value is -3.49. The van der Waals surface area contributed by atoms with Crippen molar-refractivity contribution in [3.05, 3.63) is 58.8 Å². The third-order valence-electron chi connectivity index (χ3n) is 3.79. The van der Waals surface area contributed by atoms with Gasteiger partial charge in [-0.3, -0.25) is 0 Å². The van der Waals surface area contributed by atoms with Crippen molar-refractivity contribution in [3.8, 4) is 22.8 Å². The largest absolute Gasteiger partial charge is 0.435 e. The number of imidazole rings is 1. The molecule has 0 saturated carbocycles. The molecule has 0 unspecified atom stereocenters. The van der Waals surface area contributed by atoms with E-state index in [-0.39, 0.29) is 11.4 Å². The predicted molar refractivity (Wildman–Crippen MR) is 90.6 cm³/mol. The molecule has 0 aliphatic rings. The number of aryl methyl sites for hydroxylation is 1.